The Hall–Kier alpha value is -3.50. The number of nitrogens with zero attached hydrogens (tertiary/aromatic N) is 4. The molecule has 2 aromatic carbocycles. The molecule has 0 radical (unpaired) electrons. The molecule has 0 spiro atoms. The number of aromatic nitrogens is 2. The van der Waals surface area contributed by atoms with Crippen LogP contribution in [0.1, 0.15) is 26.3 Å². The molecule has 1 aliphatic rings. The lowest BCUT2D eigenvalue weighted by Crippen LogP contribution is -2.31. The Morgan fingerprint density at radius 1 is 1.23 bits per heavy atom. The molecule has 8 nitrogen and oxygen atoms in total. The van der Waals surface area contributed by atoms with Gasteiger partial charge in [-0.15, -0.1) is 0 Å². The first kappa shape index (κ1) is 24.6. The van der Waals surface area contributed by atoms with Crippen LogP contribution in [0.25, 0.3) is 23.0 Å². The highest BCUT2D eigenvalue weighted by Crippen LogP contribution is 2.37. The van der Waals surface area contributed by atoms with Crippen LogP contribution in [0.4, 0.5) is 5.69 Å². The van der Waals surface area contributed by atoms with E-state index in [0.717, 1.165) is 5.69 Å². The monoisotopic (exact) mass is 508 g/mol. The molecule has 3 aromatic rings. The van der Waals surface area contributed by atoms with Crippen LogP contribution < -0.4 is 4.74 Å². The van der Waals surface area contributed by atoms with Crippen molar-refractivity contribution in [3.05, 3.63) is 75.3 Å². The summed E-state index contributed by atoms with van der Waals surface area (Å²) in [5.41, 5.74) is 2.37. The number of nitro groups is 1. The largest absolute Gasteiger partial charge is 0.487 e. The number of para-hydroxylation sites is 1. The van der Waals surface area contributed by atoms with E-state index in [1.165, 1.54) is 17.8 Å². The second-order valence-electron chi connectivity index (χ2n) is 8.27. The van der Waals surface area contributed by atoms with Crippen molar-refractivity contribution < 1.29 is 14.5 Å². The van der Waals surface area contributed by atoms with E-state index in [4.69, 9.17) is 22.1 Å². The lowest BCUT2D eigenvalue weighted by molar-refractivity contribution is -0.385. The van der Waals surface area contributed by atoms with Crippen molar-refractivity contribution in [1.29, 1.82) is 0 Å². The van der Waals surface area contributed by atoms with E-state index in [0.29, 0.717) is 39.2 Å². The van der Waals surface area contributed by atoms with Crippen LogP contribution in [0.2, 0.25) is 0 Å². The van der Waals surface area contributed by atoms with Gasteiger partial charge in [0.2, 0.25) is 0 Å². The fourth-order valence-electron chi connectivity index (χ4n) is 3.68. The predicted molar refractivity (Wildman–Crippen MR) is 142 cm³/mol. The van der Waals surface area contributed by atoms with Crippen molar-refractivity contribution in [3.63, 3.8) is 0 Å². The normalized spacial score (nSPS) is 14.9. The van der Waals surface area contributed by atoms with Gasteiger partial charge in [0.1, 0.15) is 10.0 Å². The van der Waals surface area contributed by atoms with Gasteiger partial charge in [-0.1, -0.05) is 56.0 Å². The fourth-order valence-corrected chi connectivity index (χ4v) is 4.94. The predicted octanol–water partition coefficient (Wildman–Crippen LogP) is 5.70. The third-order valence-corrected chi connectivity index (χ3v) is 6.58. The molecular formula is C25H24N4O4S2. The highest BCUT2D eigenvalue weighted by atomic mass is 32.2. The summed E-state index contributed by atoms with van der Waals surface area (Å²) in [6.45, 7) is 6.69. The zero-order valence-corrected chi connectivity index (χ0v) is 21.1. The van der Waals surface area contributed by atoms with Crippen molar-refractivity contribution >= 4 is 46.0 Å². The van der Waals surface area contributed by atoms with E-state index in [1.807, 2.05) is 50.4 Å². The number of hydrogen-bond acceptors (Lipinski definition) is 7. The zero-order valence-electron chi connectivity index (χ0n) is 19.5. The van der Waals surface area contributed by atoms with E-state index in [2.05, 4.69) is 0 Å². The summed E-state index contributed by atoms with van der Waals surface area (Å²) in [4.78, 5) is 26.4. The number of carbonyl (C=O) groups excluding carboxylic acids is 1. The Labute approximate surface area is 212 Å². The molecule has 1 fully saturated rings. The molecule has 1 aliphatic heterocycles. The molecule has 1 aromatic heterocycles. The van der Waals surface area contributed by atoms with Crippen molar-refractivity contribution in [1.82, 2.24) is 14.7 Å². The molecule has 180 valence electrons. The topological polar surface area (TPSA) is 90.5 Å². The number of benzene rings is 2. The van der Waals surface area contributed by atoms with Gasteiger partial charge in [0, 0.05) is 29.9 Å². The van der Waals surface area contributed by atoms with Crippen LogP contribution in [-0.2, 0) is 4.79 Å². The van der Waals surface area contributed by atoms with Gasteiger partial charge in [0.25, 0.3) is 5.91 Å². The summed E-state index contributed by atoms with van der Waals surface area (Å²) >= 11 is 6.69. The number of carbonyl (C=O) groups is 1. The molecular weight excluding hydrogens is 484 g/mol. The number of ether oxygens (including phenoxy) is 1. The highest BCUT2D eigenvalue weighted by Gasteiger charge is 2.32. The van der Waals surface area contributed by atoms with E-state index >= 15 is 0 Å². The standard InChI is InChI=1S/C25H24N4O4S2/c1-4-33-21-11-10-17(12-20(21)29(31)32)23-18(15-28(26-23)19-8-6-5-7-9-19)13-22-24(30)27(14-16(2)3)25(34)35-22/h5-13,15-16H,4,14H2,1-3H3/b22-13-. The number of thiocarbonyl (C=S) groups is 1. The van der Waals surface area contributed by atoms with Gasteiger partial charge in [0.05, 0.1) is 22.1 Å². The number of thioether (sulfide) groups is 1. The molecule has 2 heterocycles. The van der Waals surface area contributed by atoms with Gasteiger partial charge < -0.3 is 4.74 Å². The van der Waals surface area contributed by atoms with Crippen LogP contribution >= 0.6 is 24.0 Å². The van der Waals surface area contributed by atoms with Crippen LogP contribution in [0.15, 0.2) is 59.6 Å². The first-order valence-electron chi connectivity index (χ1n) is 11.1. The summed E-state index contributed by atoms with van der Waals surface area (Å²) in [5, 5.41) is 16.4. The van der Waals surface area contributed by atoms with E-state index < -0.39 is 4.92 Å². The molecule has 0 aliphatic carbocycles. The molecule has 4 rings (SSSR count). The SMILES string of the molecule is CCOc1ccc(-c2nn(-c3ccccc3)cc2/C=C2\SC(=S)N(CC(C)C)C2=O)cc1[N+](=O)[O-]. The van der Waals surface area contributed by atoms with Crippen LogP contribution in [0.3, 0.4) is 0 Å². The molecule has 35 heavy (non-hydrogen) atoms. The number of hydrogen-bond donors (Lipinski definition) is 0. The molecule has 0 N–H and O–H groups in total. The maximum atomic E-state index is 13.1. The fraction of sp³-hybridized carbons (Fsp3) is 0.240. The van der Waals surface area contributed by atoms with Crippen LogP contribution in [0.5, 0.6) is 5.75 Å². The summed E-state index contributed by atoms with van der Waals surface area (Å²) in [5.74, 6) is 0.322. The Balaban J connectivity index is 1.83. The maximum absolute atomic E-state index is 13.1. The molecule has 0 atom stereocenters. The molecule has 1 saturated heterocycles. The minimum Gasteiger partial charge on any atom is -0.487 e. The van der Waals surface area contributed by atoms with Gasteiger partial charge in [0.15, 0.2) is 5.75 Å². The van der Waals surface area contributed by atoms with Crippen molar-refractivity contribution in [2.24, 2.45) is 5.92 Å². The molecule has 10 heteroatoms. The first-order chi connectivity index (χ1) is 16.8. The average Bonchev–Trinajstić information content (AvgIpc) is 3.36. The van der Waals surface area contributed by atoms with Crippen molar-refractivity contribution in [2.75, 3.05) is 13.2 Å². The Morgan fingerprint density at radius 3 is 2.63 bits per heavy atom. The van der Waals surface area contributed by atoms with Gasteiger partial charge in [-0.05, 0) is 43.2 Å². The van der Waals surface area contributed by atoms with Crippen LogP contribution in [-0.4, -0.2) is 43.0 Å². The van der Waals surface area contributed by atoms with Gasteiger partial charge in [-0.2, -0.15) is 5.10 Å². The first-order valence-corrected chi connectivity index (χ1v) is 12.3. The smallest absolute Gasteiger partial charge is 0.311 e. The lowest BCUT2D eigenvalue weighted by Gasteiger charge is -2.16. The Bertz CT molecular complexity index is 1320. The molecule has 0 unspecified atom stereocenters. The third kappa shape index (κ3) is 5.28. The van der Waals surface area contributed by atoms with Gasteiger partial charge in [-0.3, -0.25) is 19.8 Å². The number of amides is 1. The highest BCUT2D eigenvalue weighted by molar-refractivity contribution is 8.26. The van der Waals surface area contributed by atoms with Gasteiger partial charge in [-0.25, -0.2) is 4.68 Å². The summed E-state index contributed by atoms with van der Waals surface area (Å²) in [7, 11) is 0. The van der Waals surface area contributed by atoms with E-state index in [-0.39, 0.29) is 23.3 Å². The summed E-state index contributed by atoms with van der Waals surface area (Å²) < 4.78 is 7.63. The number of nitro benzene ring substituents is 1. The Kier molecular flexibility index (Phi) is 7.32. The van der Waals surface area contributed by atoms with E-state index in [9.17, 15) is 14.9 Å². The minimum absolute atomic E-state index is 0.146. The van der Waals surface area contributed by atoms with Crippen LogP contribution in [0, 0.1) is 16.0 Å². The third-order valence-electron chi connectivity index (χ3n) is 5.20. The Morgan fingerprint density at radius 2 is 1.97 bits per heavy atom. The molecule has 0 saturated carbocycles. The maximum Gasteiger partial charge on any atom is 0.311 e. The molecule has 1 amide bonds. The van der Waals surface area contributed by atoms with Crippen molar-refractivity contribution in [3.8, 4) is 22.7 Å². The second kappa shape index (κ2) is 10.4. The summed E-state index contributed by atoms with van der Waals surface area (Å²) in [6.07, 6.45) is 3.56. The molecule has 0 bridgehead atoms. The van der Waals surface area contributed by atoms with Crippen molar-refractivity contribution in [2.45, 2.75) is 20.8 Å². The lowest BCUT2D eigenvalue weighted by atomic mass is 10.1. The van der Waals surface area contributed by atoms with E-state index in [1.54, 1.807) is 34.7 Å². The average molecular weight is 509 g/mol. The second-order valence-corrected chi connectivity index (χ2v) is 9.95. The number of rotatable bonds is 8. The zero-order chi connectivity index (χ0) is 25.1. The van der Waals surface area contributed by atoms with Gasteiger partial charge >= 0.3 is 5.69 Å². The quantitative estimate of drug-likeness (QED) is 0.167. The minimum atomic E-state index is -0.473. The summed E-state index contributed by atoms with van der Waals surface area (Å²) in [6, 6.07) is 14.3.